The van der Waals surface area contributed by atoms with E-state index in [9.17, 15) is 4.79 Å². The number of carbonyl (C=O) groups is 1. The molecule has 1 fully saturated rings. The highest BCUT2D eigenvalue weighted by molar-refractivity contribution is 5.94. The van der Waals surface area contributed by atoms with Crippen LogP contribution in [-0.2, 0) is 6.54 Å². The minimum Gasteiger partial charge on any atom is -0.355 e. The normalized spacial score (nSPS) is 18.9. The molecule has 0 unspecified atom stereocenters. The Kier molecular flexibility index (Phi) is 5.46. The third-order valence-corrected chi connectivity index (χ3v) is 4.98. The number of aromatic nitrogens is 1. The summed E-state index contributed by atoms with van der Waals surface area (Å²) in [6, 6.07) is 12.3. The lowest BCUT2D eigenvalue weighted by molar-refractivity contribution is 0.0891. The first-order chi connectivity index (χ1) is 12.1. The van der Waals surface area contributed by atoms with Crippen LogP contribution < -0.4 is 5.32 Å². The summed E-state index contributed by atoms with van der Waals surface area (Å²) in [4.78, 5) is 21.3. The van der Waals surface area contributed by atoms with E-state index >= 15 is 0 Å². The van der Waals surface area contributed by atoms with Crippen LogP contribution in [0, 0.1) is 6.92 Å². The van der Waals surface area contributed by atoms with E-state index in [4.69, 9.17) is 0 Å². The lowest BCUT2D eigenvalue weighted by atomic mass is 10.00. The molecule has 1 amide bonds. The van der Waals surface area contributed by atoms with Crippen molar-refractivity contribution in [3.8, 4) is 0 Å². The standard InChI is InChI=1S/C20H26N4O/c1-15-6-5-9-22-18(15)13-24-11-10-23(3)19(14-24)16-7-4-8-17(12-16)20(25)21-2/h4-9,12,19H,10-11,13-14H2,1-3H3,(H,21,25)/t19-/m1/s1. The average Bonchev–Trinajstić information content (AvgIpc) is 2.64. The van der Waals surface area contributed by atoms with Crippen molar-refractivity contribution in [2.75, 3.05) is 33.7 Å². The van der Waals surface area contributed by atoms with Gasteiger partial charge in [-0.15, -0.1) is 0 Å². The van der Waals surface area contributed by atoms with Crippen LogP contribution in [0.3, 0.4) is 0 Å². The Bertz CT molecular complexity index is 746. The summed E-state index contributed by atoms with van der Waals surface area (Å²) in [5.41, 5.74) is 4.28. The predicted molar refractivity (Wildman–Crippen MR) is 99.5 cm³/mol. The molecule has 1 aliphatic rings. The molecule has 1 aromatic carbocycles. The number of hydrogen-bond donors (Lipinski definition) is 1. The maximum absolute atomic E-state index is 11.9. The Labute approximate surface area is 149 Å². The molecular weight excluding hydrogens is 312 g/mol. The number of benzene rings is 1. The smallest absolute Gasteiger partial charge is 0.251 e. The van der Waals surface area contributed by atoms with E-state index in [1.807, 2.05) is 30.5 Å². The first kappa shape index (κ1) is 17.6. The predicted octanol–water partition coefficient (Wildman–Crippen LogP) is 2.24. The second-order valence-corrected chi connectivity index (χ2v) is 6.70. The van der Waals surface area contributed by atoms with Crippen LogP contribution >= 0.6 is 0 Å². The van der Waals surface area contributed by atoms with Gasteiger partial charge in [-0.1, -0.05) is 18.2 Å². The highest BCUT2D eigenvalue weighted by Gasteiger charge is 2.26. The van der Waals surface area contributed by atoms with E-state index in [1.54, 1.807) is 7.05 Å². The van der Waals surface area contributed by atoms with E-state index in [1.165, 1.54) is 11.1 Å². The molecule has 0 bridgehead atoms. The first-order valence-corrected chi connectivity index (χ1v) is 8.73. The number of piperazine rings is 1. The van der Waals surface area contributed by atoms with Crippen molar-refractivity contribution in [3.63, 3.8) is 0 Å². The number of nitrogens with one attached hydrogen (secondary N) is 1. The summed E-state index contributed by atoms with van der Waals surface area (Å²) < 4.78 is 0. The van der Waals surface area contributed by atoms with E-state index in [2.05, 4.69) is 46.2 Å². The van der Waals surface area contributed by atoms with Crippen LogP contribution in [0.25, 0.3) is 0 Å². The quantitative estimate of drug-likeness (QED) is 0.929. The molecule has 1 atom stereocenters. The van der Waals surface area contributed by atoms with Crippen molar-refractivity contribution >= 4 is 5.91 Å². The minimum absolute atomic E-state index is 0.0405. The molecule has 5 nitrogen and oxygen atoms in total. The van der Waals surface area contributed by atoms with E-state index < -0.39 is 0 Å². The molecule has 132 valence electrons. The molecule has 5 heteroatoms. The number of carbonyl (C=O) groups excluding carboxylic acids is 1. The minimum atomic E-state index is -0.0405. The molecule has 0 spiro atoms. The topological polar surface area (TPSA) is 48.5 Å². The van der Waals surface area contributed by atoms with Crippen molar-refractivity contribution in [2.24, 2.45) is 0 Å². The van der Waals surface area contributed by atoms with E-state index in [0.29, 0.717) is 5.56 Å². The summed E-state index contributed by atoms with van der Waals surface area (Å²) in [5.74, 6) is -0.0405. The first-order valence-electron chi connectivity index (χ1n) is 8.73. The Morgan fingerprint density at radius 1 is 1.28 bits per heavy atom. The molecule has 2 heterocycles. The third kappa shape index (κ3) is 4.06. The zero-order valence-electron chi connectivity index (χ0n) is 15.2. The molecular formula is C20H26N4O. The number of rotatable bonds is 4. The lowest BCUT2D eigenvalue weighted by Gasteiger charge is -2.39. The van der Waals surface area contributed by atoms with E-state index in [0.717, 1.165) is 31.9 Å². The summed E-state index contributed by atoms with van der Waals surface area (Å²) in [7, 11) is 3.82. The molecule has 0 radical (unpaired) electrons. The van der Waals surface area contributed by atoms with Gasteiger partial charge in [0.25, 0.3) is 5.91 Å². The fraction of sp³-hybridized carbons (Fsp3) is 0.400. The summed E-state index contributed by atoms with van der Waals surface area (Å²) in [5, 5.41) is 2.70. The van der Waals surface area contributed by atoms with E-state index in [-0.39, 0.29) is 11.9 Å². The summed E-state index contributed by atoms with van der Waals surface area (Å²) >= 11 is 0. The van der Waals surface area contributed by atoms with Crippen LogP contribution in [0.4, 0.5) is 0 Å². The summed E-state index contributed by atoms with van der Waals surface area (Å²) in [6.07, 6.45) is 1.86. The SMILES string of the molecule is CNC(=O)c1cccc([C@H]2CN(Cc3ncccc3C)CCN2C)c1. The zero-order valence-corrected chi connectivity index (χ0v) is 15.2. The lowest BCUT2D eigenvalue weighted by Crippen LogP contribution is -2.46. The van der Waals surface area contributed by atoms with Crippen LogP contribution in [0.1, 0.15) is 33.2 Å². The third-order valence-electron chi connectivity index (χ3n) is 4.98. The largest absolute Gasteiger partial charge is 0.355 e. The molecule has 1 aliphatic heterocycles. The van der Waals surface area contributed by atoms with Gasteiger partial charge in [-0.2, -0.15) is 0 Å². The van der Waals surface area contributed by atoms with Crippen molar-refractivity contribution in [1.82, 2.24) is 20.1 Å². The van der Waals surface area contributed by atoms with Crippen LogP contribution in [0.5, 0.6) is 0 Å². The molecule has 1 saturated heterocycles. The van der Waals surface area contributed by atoms with Gasteiger partial charge in [0, 0.05) is 51.0 Å². The van der Waals surface area contributed by atoms with Gasteiger partial charge in [-0.05, 0) is 43.3 Å². The fourth-order valence-electron chi connectivity index (χ4n) is 3.36. The summed E-state index contributed by atoms with van der Waals surface area (Å²) in [6.45, 7) is 5.94. The molecule has 3 rings (SSSR count). The molecule has 1 aromatic heterocycles. The Hall–Kier alpha value is -2.24. The molecule has 1 N–H and O–H groups in total. The second-order valence-electron chi connectivity index (χ2n) is 6.70. The Morgan fingerprint density at radius 3 is 2.88 bits per heavy atom. The van der Waals surface area contributed by atoms with Crippen LogP contribution in [0.2, 0.25) is 0 Å². The van der Waals surface area contributed by atoms with Crippen molar-refractivity contribution < 1.29 is 4.79 Å². The molecule has 0 saturated carbocycles. The van der Waals surface area contributed by atoms with Crippen LogP contribution in [-0.4, -0.2) is 54.4 Å². The monoisotopic (exact) mass is 338 g/mol. The molecule has 25 heavy (non-hydrogen) atoms. The number of likely N-dealkylation sites (N-methyl/N-ethyl adjacent to an activating group) is 1. The Balaban J connectivity index is 1.77. The Morgan fingerprint density at radius 2 is 2.12 bits per heavy atom. The average molecular weight is 338 g/mol. The number of hydrogen-bond acceptors (Lipinski definition) is 4. The number of aryl methyl sites for hydroxylation is 1. The fourth-order valence-corrected chi connectivity index (χ4v) is 3.36. The van der Waals surface area contributed by atoms with Gasteiger partial charge in [0.15, 0.2) is 0 Å². The number of nitrogens with zero attached hydrogens (tertiary/aromatic N) is 3. The maximum Gasteiger partial charge on any atom is 0.251 e. The van der Waals surface area contributed by atoms with Gasteiger partial charge in [0.2, 0.25) is 0 Å². The highest BCUT2D eigenvalue weighted by Crippen LogP contribution is 2.26. The van der Waals surface area contributed by atoms with Gasteiger partial charge < -0.3 is 5.32 Å². The van der Waals surface area contributed by atoms with Crippen molar-refractivity contribution in [2.45, 2.75) is 19.5 Å². The van der Waals surface area contributed by atoms with Crippen molar-refractivity contribution in [3.05, 3.63) is 65.0 Å². The highest BCUT2D eigenvalue weighted by atomic mass is 16.1. The number of pyridine rings is 1. The number of amides is 1. The zero-order chi connectivity index (χ0) is 17.8. The van der Waals surface area contributed by atoms with Crippen molar-refractivity contribution in [1.29, 1.82) is 0 Å². The molecule has 0 aliphatic carbocycles. The van der Waals surface area contributed by atoms with Crippen LogP contribution in [0.15, 0.2) is 42.6 Å². The van der Waals surface area contributed by atoms with Gasteiger partial charge >= 0.3 is 0 Å². The molecule has 2 aromatic rings. The maximum atomic E-state index is 11.9. The second kappa shape index (κ2) is 7.76. The van der Waals surface area contributed by atoms with Gasteiger partial charge in [0.1, 0.15) is 0 Å². The van der Waals surface area contributed by atoms with Gasteiger partial charge in [-0.3, -0.25) is 19.6 Å². The van der Waals surface area contributed by atoms with Gasteiger partial charge in [0.05, 0.1) is 5.69 Å². The van der Waals surface area contributed by atoms with Gasteiger partial charge in [-0.25, -0.2) is 0 Å².